The molecule has 0 saturated carbocycles. The molecule has 1 heterocycles. The van der Waals surface area contributed by atoms with E-state index in [4.69, 9.17) is 4.74 Å². The van der Waals surface area contributed by atoms with E-state index in [9.17, 15) is 9.90 Å². The van der Waals surface area contributed by atoms with Crippen LogP contribution in [0.3, 0.4) is 0 Å². The van der Waals surface area contributed by atoms with E-state index >= 15 is 0 Å². The molecule has 0 aliphatic carbocycles. The van der Waals surface area contributed by atoms with Gasteiger partial charge >= 0.3 is 5.97 Å². The van der Waals surface area contributed by atoms with Gasteiger partial charge in [0.1, 0.15) is 0 Å². The van der Waals surface area contributed by atoms with Gasteiger partial charge in [0.25, 0.3) is 0 Å². The summed E-state index contributed by atoms with van der Waals surface area (Å²) in [5, 5.41) is 10.3. The van der Waals surface area contributed by atoms with Gasteiger partial charge in [0.2, 0.25) is 0 Å². The number of carbonyl (C=O) groups excluding carboxylic acids is 1. The van der Waals surface area contributed by atoms with Crippen LogP contribution in [-0.2, 0) is 16.0 Å². The molecule has 0 spiro atoms. The van der Waals surface area contributed by atoms with Crippen LogP contribution in [0.2, 0.25) is 0 Å². The second-order valence-corrected chi connectivity index (χ2v) is 6.27. The Morgan fingerprint density at radius 2 is 1.91 bits per heavy atom. The molecule has 0 amide bonds. The first-order valence-electron chi connectivity index (χ1n) is 8.80. The molecule has 4 heteroatoms. The second-order valence-electron chi connectivity index (χ2n) is 6.27. The van der Waals surface area contributed by atoms with Gasteiger partial charge in [0.15, 0.2) is 0 Å². The minimum Gasteiger partial charge on any atom is -0.466 e. The van der Waals surface area contributed by atoms with Crippen molar-refractivity contribution in [2.24, 2.45) is 5.92 Å². The van der Waals surface area contributed by atoms with Gasteiger partial charge < -0.3 is 14.7 Å². The maximum absolute atomic E-state index is 11.7. The molecular formula is C19H29NO3. The summed E-state index contributed by atoms with van der Waals surface area (Å²) >= 11 is 0. The quantitative estimate of drug-likeness (QED) is 0.785. The van der Waals surface area contributed by atoms with E-state index in [1.807, 2.05) is 19.1 Å². The van der Waals surface area contributed by atoms with Crippen LogP contribution in [-0.4, -0.2) is 42.2 Å². The Kier molecular flexibility index (Phi) is 7.06. The van der Waals surface area contributed by atoms with Crippen LogP contribution in [0, 0.1) is 5.92 Å². The van der Waals surface area contributed by atoms with E-state index in [1.165, 1.54) is 5.56 Å². The van der Waals surface area contributed by atoms with E-state index in [-0.39, 0.29) is 11.9 Å². The molecule has 2 rings (SSSR count). The summed E-state index contributed by atoms with van der Waals surface area (Å²) in [5.74, 6) is 0.000843. The van der Waals surface area contributed by atoms with Crippen LogP contribution in [0.4, 0.5) is 0 Å². The summed E-state index contributed by atoms with van der Waals surface area (Å²) in [6, 6.07) is 8.22. The number of esters is 1. The Labute approximate surface area is 139 Å². The van der Waals surface area contributed by atoms with Crippen molar-refractivity contribution < 1.29 is 14.6 Å². The highest BCUT2D eigenvalue weighted by atomic mass is 16.5. The normalized spacial score (nSPS) is 17.9. The van der Waals surface area contributed by atoms with Crippen LogP contribution < -0.4 is 0 Å². The summed E-state index contributed by atoms with van der Waals surface area (Å²) < 4.78 is 5.09. The largest absolute Gasteiger partial charge is 0.466 e. The number of aliphatic hydroxyl groups excluding tert-OH is 1. The molecule has 1 saturated heterocycles. The molecular weight excluding hydrogens is 290 g/mol. The van der Waals surface area contributed by atoms with Crippen molar-refractivity contribution in [1.82, 2.24) is 4.90 Å². The summed E-state index contributed by atoms with van der Waals surface area (Å²) in [5.41, 5.74) is 2.28. The highest BCUT2D eigenvalue weighted by Crippen LogP contribution is 2.22. The smallest absolute Gasteiger partial charge is 0.309 e. The van der Waals surface area contributed by atoms with Crippen LogP contribution in [0.1, 0.15) is 50.3 Å². The lowest BCUT2D eigenvalue weighted by Gasteiger charge is -2.31. The molecule has 0 aromatic heterocycles. The molecule has 1 aliphatic rings. The van der Waals surface area contributed by atoms with Gasteiger partial charge in [-0.1, -0.05) is 31.2 Å². The van der Waals surface area contributed by atoms with Gasteiger partial charge in [-0.2, -0.15) is 0 Å². The van der Waals surface area contributed by atoms with E-state index in [1.54, 1.807) is 0 Å². The lowest BCUT2D eigenvalue weighted by atomic mass is 9.96. The highest BCUT2D eigenvalue weighted by Gasteiger charge is 2.26. The molecule has 1 aromatic rings. The molecule has 1 fully saturated rings. The van der Waals surface area contributed by atoms with Crippen molar-refractivity contribution in [3.63, 3.8) is 0 Å². The molecule has 23 heavy (non-hydrogen) atoms. The van der Waals surface area contributed by atoms with E-state index in [0.717, 1.165) is 50.9 Å². The van der Waals surface area contributed by atoms with E-state index in [0.29, 0.717) is 6.61 Å². The Bertz CT molecular complexity index is 478. The first kappa shape index (κ1) is 18.0. The predicted molar refractivity (Wildman–Crippen MR) is 91.2 cm³/mol. The van der Waals surface area contributed by atoms with Gasteiger partial charge in [-0.3, -0.25) is 4.79 Å². The fourth-order valence-electron chi connectivity index (χ4n) is 3.10. The third-order valence-corrected chi connectivity index (χ3v) is 4.70. The topological polar surface area (TPSA) is 49.8 Å². The first-order valence-corrected chi connectivity index (χ1v) is 8.80. The minimum absolute atomic E-state index is 0.0526. The molecule has 4 nitrogen and oxygen atoms in total. The first-order chi connectivity index (χ1) is 11.1. The van der Waals surface area contributed by atoms with Gasteiger partial charge in [-0.25, -0.2) is 0 Å². The number of benzene rings is 1. The number of likely N-dealkylation sites (tertiary alicyclic amines) is 1. The number of carbonyl (C=O) groups is 1. The van der Waals surface area contributed by atoms with E-state index in [2.05, 4.69) is 24.0 Å². The number of nitrogens with zero attached hydrogens (tertiary/aromatic N) is 1. The minimum atomic E-state index is -0.413. The SMILES string of the molecule is CCOC(=O)C1CCN(CCC(O)c2ccc(CC)cc2)CC1. The van der Waals surface area contributed by atoms with Crippen LogP contribution in [0.15, 0.2) is 24.3 Å². The van der Waals surface area contributed by atoms with Crippen LogP contribution >= 0.6 is 0 Å². The van der Waals surface area contributed by atoms with Crippen molar-refractivity contribution in [3.05, 3.63) is 35.4 Å². The second kappa shape index (κ2) is 9.04. The lowest BCUT2D eigenvalue weighted by Crippen LogP contribution is -2.37. The van der Waals surface area contributed by atoms with Crippen LogP contribution in [0.25, 0.3) is 0 Å². The van der Waals surface area contributed by atoms with Crippen molar-refractivity contribution in [2.75, 3.05) is 26.2 Å². The van der Waals surface area contributed by atoms with Gasteiger partial charge in [0, 0.05) is 6.54 Å². The average Bonchev–Trinajstić information content (AvgIpc) is 2.60. The number of ether oxygens (including phenoxy) is 1. The maximum Gasteiger partial charge on any atom is 0.309 e. The summed E-state index contributed by atoms with van der Waals surface area (Å²) in [6.07, 6.45) is 3.06. The van der Waals surface area contributed by atoms with Crippen LogP contribution in [0.5, 0.6) is 0 Å². The highest BCUT2D eigenvalue weighted by molar-refractivity contribution is 5.72. The third-order valence-electron chi connectivity index (χ3n) is 4.70. The number of hydrogen-bond donors (Lipinski definition) is 1. The standard InChI is InChI=1S/C19H29NO3/c1-3-15-5-7-16(8-6-15)18(21)11-14-20-12-9-17(10-13-20)19(22)23-4-2/h5-8,17-18,21H,3-4,9-14H2,1-2H3. The molecule has 0 radical (unpaired) electrons. The zero-order valence-corrected chi connectivity index (χ0v) is 14.3. The van der Waals surface area contributed by atoms with Crippen molar-refractivity contribution in [3.8, 4) is 0 Å². The molecule has 1 unspecified atom stereocenters. The predicted octanol–water partition coefficient (Wildman–Crippen LogP) is 2.95. The number of piperidine rings is 1. The van der Waals surface area contributed by atoms with Crippen molar-refractivity contribution in [1.29, 1.82) is 0 Å². The van der Waals surface area contributed by atoms with Gasteiger partial charge in [-0.05, 0) is 56.8 Å². The lowest BCUT2D eigenvalue weighted by molar-refractivity contribution is -0.149. The summed E-state index contributed by atoms with van der Waals surface area (Å²) in [4.78, 5) is 14.1. The van der Waals surface area contributed by atoms with Crippen molar-refractivity contribution in [2.45, 2.75) is 45.6 Å². The number of aliphatic hydroxyl groups is 1. The molecule has 1 atom stereocenters. The number of rotatable bonds is 7. The zero-order valence-electron chi connectivity index (χ0n) is 14.3. The third kappa shape index (κ3) is 5.33. The fourth-order valence-corrected chi connectivity index (χ4v) is 3.10. The number of hydrogen-bond acceptors (Lipinski definition) is 4. The Balaban J connectivity index is 1.73. The molecule has 1 aromatic carbocycles. The average molecular weight is 319 g/mol. The zero-order chi connectivity index (χ0) is 16.7. The molecule has 1 aliphatic heterocycles. The van der Waals surface area contributed by atoms with Crippen molar-refractivity contribution >= 4 is 5.97 Å². The summed E-state index contributed by atoms with van der Waals surface area (Å²) in [7, 11) is 0. The molecule has 0 bridgehead atoms. The molecule has 128 valence electrons. The maximum atomic E-state index is 11.7. The fraction of sp³-hybridized carbons (Fsp3) is 0.632. The monoisotopic (exact) mass is 319 g/mol. The Morgan fingerprint density at radius 3 is 2.48 bits per heavy atom. The number of aryl methyl sites for hydroxylation is 1. The Morgan fingerprint density at radius 1 is 1.26 bits per heavy atom. The van der Waals surface area contributed by atoms with Gasteiger partial charge in [0.05, 0.1) is 18.6 Å². The van der Waals surface area contributed by atoms with E-state index < -0.39 is 6.10 Å². The Hall–Kier alpha value is -1.39. The molecule has 1 N–H and O–H groups in total. The van der Waals surface area contributed by atoms with Gasteiger partial charge in [-0.15, -0.1) is 0 Å². The summed E-state index contributed by atoms with van der Waals surface area (Å²) in [6.45, 7) is 7.12.